The van der Waals surface area contributed by atoms with Crippen LogP contribution in [0, 0.1) is 11.7 Å². The predicted molar refractivity (Wildman–Crippen MR) is 74.5 cm³/mol. The van der Waals surface area contributed by atoms with Crippen LogP contribution >= 0.6 is 15.9 Å². The number of carbonyl (C=O) groups is 2. The molecule has 1 atom stereocenters. The van der Waals surface area contributed by atoms with Crippen molar-refractivity contribution in [1.82, 2.24) is 0 Å². The fourth-order valence-corrected chi connectivity index (χ4v) is 2.69. The minimum atomic E-state index is -0.609. The van der Waals surface area contributed by atoms with Gasteiger partial charge in [-0.05, 0) is 31.0 Å². The molecule has 19 heavy (non-hydrogen) atoms. The van der Waals surface area contributed by atoms with E-state index in [0.29, 0.717) is 23.9 Å². The summed E-state index contributed by atoms with van der Waals surface area (Å²) in [6, 6.07) is 4.58. The van der Waals surface area contributed by atoms with E-state index in [1.165, 1.54) is 11.0 Å². The highest BCUT2D eigenvalue weighted by Crippen LogP contribution is 2.29. The zero-order valence-corrected chi connectivity index (χ0v) is 12.2. The van der Waals surface area contributed by atoms with E-state index < -0.39 is 11.7 Å². The zero-order valence-electron chi connectivity index (χ0n) is 10.7. The van der Waals surface area contributed by atoms with Crippen molar-refractivity contribution in [2.45, 2.75) is 26.2 Å². The molecule has 0 aromatic heterocycles. The van der Waals surface area contributed by atoms with Gasteiger partial charge in [0.1, 0.15) is 11.6 Å². The lowest BCUT2D eigenvalue weighted by atomic mass is 9.91. The molecule has 0 saturated carbocycles. The normalized spacial score (nSPS) is 19.6. The molecule has 1 aromatic carbocycles. The number of Topliss-reactive ketones (excluding diaryl/α,β-unsaturated/α-hetero) is 1. The number of piperidine rings is 1. The maximum atomic E-state index is 13.9. The Labute approximate surface area is 119 Å². The van der Waals surface area contributed by atoms with Crippen molar-refractivity contribution in [2.75, 3.05) is 11.4 Å². The second-order valence-corrected chi connectivity index (χ2v) is 5.52. The molecule has 3 nitrogen and oxygen atoms in total. The maximum Gasteiger partial charge on any atom is 0.237 e. The fraction of sp³-hybridized carbons (Fsp3) is 0.429. The SMILES string of the molecule is CCC(=O)[C@H]1CCCN(c2ccc(Br)cc2F)C1=O. The average Bonchev–Trinajstić information content (AvgIpc) is 2.39. The van der Waals surface area contributed by atoms with E-state index in [4.69, 9.17) is 0 Å². The number of halogens is 2. The molecule has 0 N–H and O–H groups in total. The Kier molecular flexibility index (Phi) is 4.34. The van der Waals surface area contributed by atoms with Gasteiger partial charge < -0.3 is 4.90 Å². The van der Waals surface area contributed by atoms with E-state index in [1.807, 2.05) is 0 Å². The highest BCUT2D eigenvalue weighted by molar-refractivity contribution is 9.10. The van der Waals surface area contributed by atoms with Gasteiger partial charge in [-0.2, -0.15) is 0 Å². The number of hydrogen-bond donors (Lipinski definition) is 0. The second kappa shape index (κ2) is 5.82. The Balaban J connectivity index is 2.29. The minimum absolute atomic E-state index is 0.0628. The molecule has 1 saturated heterocycles. The molecule has 0 aliphatic carbocycles. The Morgan fingerprint density at radius 1 is 1.53 bits per heavy atom. The lowest BCUT2D eigenvalue weighted by Crippen LogP contribution is -2.44. The van der Waals surface area contributed by atoms with Crippen LogP contribution in [0.2, 0.25) is 0 Å². The molecular formula is C14H15BrFNO2. The third-order valence-corrected chi connectivity index (χ3v) is 3.87. The average molecular weight is 328 g/mol. The first-order valence-corrected chi connectivity index (χ1v) is 7.13. The first-order chi connectivity index (χ1) is 9.04. The Morgan fingerprint density at radius 3 is 2.89 bits per heavy atom. The second-order valence-electron chi connectivity index (χ2n) is 4.60. The summed E-state index contributed by atoms with van der Waals surface area (Å²) in [4.78, 5) is 25.4. The number of amides is 1. The van der Waals surface area contributed by atoms with Crippen LogP contribution in [-0.4, -0.2) is 18.2 Å². The summed E-state index contributed by atoms with van der Waals surface area (Å²) in [7, 11) is 0. The zero-order chi connectivity index (χ0) is 14.0. The summed E-state index contributed by atoms with van der Waals surface area (Å²) in [5.74, 6) is -1.40. The minimum Gasteiger partial charge on any atom is -0.309 e. The van der Waals surface area contributed by atoms with Crippen molar-refractivity contribution >= 4 is 33.3 Å². The van der Waals surface area contributed by atoms with E-state index in [9.17, 15) is 14.0 Å². The number of anilines is 1. The summed E-state index contributed by atoms with van der Waals surface area (Å²) in [5.41, 5.74) is 0.252. The van der Waals surface area contributed by atoms with Crippen molar-refractivity contribution < 1.29 is 14.0 Å². The Hall–Kier alpha value is -1.23. The molecule has 1 aliphatic rings. The molecule has 1 fully saturated rings. The number of ketones is 1. The number of carbonyl (C=O) groups excluding carboxylic acids is 2. The van der Waals surface area contributed by atoms with Gasteiger partial charge in [0.05, 0.1) is 11.6 Å². The molecule has 1 amide bonds. The Morgan fingerprint density at radius 2 is 2.26 bits per heavy atom. The molecule has 0 radical (unpaired) electrons. The van der Waals surface area contributed by atoms with Crippen molar-refractivity contribution in [1.29, 1.82) is 0 Å². The van der Waals surface area contributed by atoms with Crippen molar-refractivity contribution in [3.8, 4) is 0 Å². The topological polar surface area (TPSA) is 37.4 Å². The number of benzene rings is 1. The molecule has 102 valence electrons. The third kappa shape index (κ3) is 2.86. The Bertz CT molecular complexity index is 518. The summed E-state index contributed by atoms with van der Waals surface area (Å²) in [6.07, 6.45) is 1.63. The lowest BCUT2D eigenvalue weighted by molar-refractivity contribution is -0.133. The van der Waals surface area contributed by atoms with Gasteiger partial charge >= 0.3 is 0 Å². The van der Waals surface area contributed by atoms with Crippen LogP contribution in [0.4, 0.5) is 10.1 Å². The van der Waals surface area contributed by atoms with Crippen LogP contribution in [0.25, 0.3) is 0 Å². The molecule has 0 unspecified atom stereocenters. The van der Waals surface area contributed by atoms with Crippen LogP contribution in [0.1, 0.15) is 26.2 Å². The molecule has 0 spiro atoms. The largest absolute Gasteiger partial charge is 0.309 e. The van der Waals surface area contributed by atoms with E-state index in [-0.39, 0.29) is 17.4 Å². The monoisotopic (exact) mass is 327 g/mol. The lowest BCUT2D eigenvalue weighted by Gasteiger charge is -2.31. The van der Waals surface area contributed by atoms with Gasteiger partial charge in [-0.25, -0.2) is 4.39 Å². The van der Waals surface area contributed by atoms with Gasteiger partial charge in [0, 0.05) is 17.4 Å². The summed E-state index contributed by atoms with van der Waals surface area (Å²) in [5, 5.41) is 0. The van der Waals surface area contributed by atoms with Crippen LogP contribution in [0.15, 0.2) is 22.7 Å². The molecular weight excluding hydrogens is 313 g/mol. The standard InChI is InChI=1S/C14H15BrFNO2/c1-2-13(18)10-4-3-7-17(14(10)19)12-6-5-9(15)8-11(12)16/h5-6,8,10H,2-4,7H2,1H3/t10-/m1/s1. The highest BCUT2D eigenvalue weighted by atomic mass is 79.9. The number of hydrogen-bond acceptors (Lipinski definition) is 2. The quantitative estimate of drug-likeness (QED) is 0.799. The highest BCUT2D eigenvalue weighted by Gasteiger charge is 2.34. The van der Waals surface area contributed by atoms with E-state index in [2.05, 4.69) is 15.9 Å². The molecule has 1 aromatic rings. The van der Waals surface area contributed by atoms with Crippen LogP contribution in [-0.2, 0) is 9.59 Å². The summed E-state index contributed by atoms with van der Waals surface area (Å²) in [6.45, 7) is 2.21. The molecule has 1 aliphatic heterocycles. The molecule has 0 bridgehead atoms. The third-order valence-electron chi connectivity index (χ3n) is 3.38. The smallest absolute Gasteiger partial charge is 0.237 e. The van der Waals surface area contributed by atoms with Gasteiger partial charge in [0.2, 0.25) is 5.91 Å². The van der Waals surface area contributed by atoms with E-state index in [1.54, 1.807) is 19.1 Å². The van der Waals surface area contributed by atoms with Gasteiger partial charge in [0.25, 0.3) is 0 Å². The molecule has 5 heteroatoms. The van der Waals surface area contributed by atoms with Crippen molar-refractivity contribution in [3.63, 3.8) is 0 Å². The van der Waals surface area contributed by atoms with Crippen LogP contribution < -0.4 is 4.90 Å². The van der Waals surface area contributed by atoms with Crippen molar-refractivity contribution in [2.24, 2.45) is 5.92 Å². The van der Waals surface area contributed by atoms with Gasteiger partial charge in [-0.3, -0.25) is 9.59 Å². The van der Waals surface area contributed by atoms with E-state index in [0.717, 1.165) is 6.42 Å². The number of rotatable bonds is 3. The van der Waals surface area contributed by atoms with Gasteiger partial charge in [-0.15, -0.1) is 0 Å². The van der Waals surface area contributed by atoms with Crippen molar-refractivity contribution in [3.05, 3.63) is 28.5 Å². The van der Waals surface area contributed by atoms with Crippen LogP contribution in [0.5, 0.6) is 0 Å². The fourth-order valence-electron chi connectivity index (χ4n) is 2.36. The maximum absolute atomic E-state index is 13.9. The first-order valence-electron chi connectivity index (χ1n) is 6.33. The van der Waals surface area contributed by atoms with Crippen LogP contribution in [0.3, 0.4) is 0 Å². The molecule has 2 rings (SSSR count). The molecule has 1 heterocycles. The van der Waals surface area contributed by atoms with E-state index >= 15 is 0 Å². The summed E-state index contributed by atoms with van der Waals surface area (Å²) < 4.78 is 14.5. The predicted octanol–water partition coefficient (Wildman–Crippen LogP) is 3.31. The van der Waals surface area contributed by atoms with Gasteiger partial charge in [0.15, 0.2) is 0 Å². The first kappa shape index (κ1) is 14.2. The number of nitrogens with zero attached hydrogens (tertiary/aromatic N) is 1. The summed E-state index contributed by atoms with van der Waals surface area (Å²) >= 11 is 3.18. The van der Waals surface area contributed by atoms with Gasteiger partial charge in [-0.1, -0.05) is 22.9 Å².